The van der Waals surface area contributed by atoms with Crippen LogP contribution in [0.15, 0.2) is 18.3 Å². The molecule has 0 N–H and O–H groups in total. The van der Waals surface area contributed by atoms with Crippen LogP contribution < -0.4 is 9.47 Å². The molecule has 0 bridgehead atoms. The molecule has 1 heterocycles. The number of allylic oxidation sites excluding steroid dienone is 1. The zero-order chi connectivity index (χ0) is 16.8. The molecule has 1 aliphatic heterocycles. The van der Waals surface area contributed by atoms with E-state index in [2.05, 4.69) is 0 Å². The van der Waals surface area contributed by atoms with Crippen LogP contribution in [0.5, 0.6) is 11.5 Å². The van der Waals surface area contributed by atoms with Crippen LogP contribution in [0.4, 0.5) is 5.69 Å². The third-order valence-electron chi connectivity index (χ3n) is 3.47. The molecule has 0 radical (unpaired) electrons. The maximum Gasteiger partial charge on any atom is 0.281 e. The molecule has 1 aliphatic rings. The van der Waals surface area contributed by atoms with E-state index in [1.165, 1.54) is 26.4 Å². The smallest absolute Gasteiger partial charge is 0.281 e. The first-order chi connectivity index (χ1) is 11.1. The summed E-state index contributed by atoms with van der Waals surface area (Å²) in [5, 5.41) is 20.8. The number of hydrogen-bond donors (Lipinski definition) is 0. The Balaban J connectivity index is 2.51. The first-order valence-electron chi connectivity index (χ1n) is 6.95. The molecule has 1 saturated heterocycles. The number of benzene rings is 1. The van der Waals surface area contributed by atoms with E-state index in [0.717, 1.165) is 0 Å². The van der Waals surface area contributed by atoms with Gasteiger partial charge in [0.25, 0.3) is 5.69 Å². The Kier molecular flexibility index (Phi) is 5.38. The number of nitro benzene ring substituents is 1. The van der Waals surface area contributed by atoms with Gasteiger partial charge in [-0.1, -0.05) is 0 Å². The van der Waals surface area contributed by atoms with Gasteiger partial charge in [-0.3, -0.25) is 10.1 Å². The summed E-state index contributed by atoms with van der Waals surface area (Å²) < 4.78 is 15.5. The lowest BCUT2D eigenvalue weighted by molar-refractivity contribution is -0.385. The van der Waals surface area contributed by atoms with E-state index in [1.54, 1.807) is 6.20 Å². The van der Waals surface area contributed by atoms with Crippen molar-refractivity contribution < 1.29 is 19.1 Å². The number of morpholine rings is 1. The minimum absolute atomic E-state index is 0.194. The molecule has 2 rings (SSSR count). The summed E-state index contributed by atoms with van der Waals surface area (Å²) in [6.45, 7) is 2.38. The second-order valence-corrected chi connectivity index (χ2v) is 4.78. The van der Waals surface area contributed by atoms with Crippen LogP contribution in [-0.4, -0.2) is 50.3 Å². The summed E-state index contributed by atoms with van der Waals surface area (Å²) >= 11 is 0. The molecule has 23 heavy (non-hydrogen) atoms. The van der Waals surface area contributed by atoms with Crippen LogP contribution in [0.25, 0.3) is 5.57 Å². The van der Waals surface area contributed by atoms with E-state index < -0.39 is 4.92 Å². The van der Waals surface area contributed by atoms with Crippen LogP contribution >= 0.6 is 0 Å². The Morgan fingerprint density at radius 2 is 1.96 bits per heavy atom. The van der Waals surface area contributed by atoms with Crippen molar-refractivity contribution in [2.45, 2.75) is 0 Å². The fourth-order valence-corrected chi connectivity index (χ4v) is 2.28. The fourth-order valence-electron chi connectivity index (χ4n) is 2.28. The summed E-state index contributed by atoms with van der Waals surface area (Å²) in [6.07, 6.45) is 1.62. The van der Waals surface area contributed by atoms with E-state index in [9.17, 15) is 15.4 Å². The molecule has 0 atom stereocenters. The van der Waals surface area contributed by atoms with Crippen LogP contribution in [0.2, 0.25) is 0 Å². The van der Waals surface area contributed by atoms with Crippen LogP contribution in [-0.2, 0) is 4.74 Å². The van der Waals surface area contributed by atoms with Gasteiger partial charge >= 0.3 is 0 Å². The number of nitro groups is 1. The van der Waals surface area contributed by atoms with Gasteiger partial charge in [0, 0.05) is 19.3 Å². The lowest BCUT2D eigenvalue weighted by Crippen LogP contribution is -2.32. The van der Waals surface area contributed by atoms with Crippen molar-refractivity contribution in [3.05, 3.63) is 34.0 Å². The molecular formula is C15H17N3O5. The Labute approximate surface area is 133 Å². The molecule has 1 aromatic carbocycles. The Morgan fingerprint density at radius 3 is 2.48 bits per heavy atom. The summed E-state index contributed by atoms with van der Waals surface area (Å²) in [4.78, 5) is 12.7. The second-order valence-electron chi connectivity index (χ2n) is 4.78. The lowest BCUT2D eigenvalue weighted by Gasteiger charge is -2.25. The molecule has 1 fully saturated rings. The largest absolute Gasteiger partial charge is 0.493 e. The van der Waals surface area contributed by atoms with E-state index in [0.29, 0.717) is 32.1 Å². The molecule has 1 aromatic rings. The topological polar surface area (TPSA) is 97.9 Å². The molecule has 0 amide bonds. The number of rotatable bonds is 5. The molecule has 0 aliphatic carbocycles. The van der Waals surface area contributed by atoms with Crippen molar-refractivity contribution >= 4 is 11.3 Å². The standard InChI is InChI=1S/C15H17N3O5/c1-21-14-7-12(13(18(19)20)8-15(14)22-2)11(9-16)10-17-3-5-23-6-4-17/h7-8,10H,3-6H2,1-2H3. The normalized spacial score (nSPS) is 15.0. The van der Waals surface area contributed by atoms with Crippen LogP contribution in [0.3, 0.4) is 0 Å². The summed E-state index contributed by atoms with van der Waals surface area (Å²) in [6, 6.07) is 4.74. The molecule has 122 valence electrons. The number of hydrogen-bond acceptors (Lipinski definition) is 7. The predicted molar refractivity (Wildman–Crippen MR) is 82.2 cm³/mol. The molecule has 8 nitrogen and oxygen atoms in total. The van der Waals surface area contributed by atoms with Crippen LogP contribution in [0, 0.1) is 21.4 Å². The number of nitriles is 1. The average molecular weight is 319 g/mol. The summed E-state index contributed by atoms with van der Waals surface area (Å²) in [7, 11) is 2.83. The number of ether oxygens (including phenoxy) is 3. The highest BCUT2D eigenvalue weighted by Gasteiger charge is 2.23. The Hall–Kier alpha value is -2.79. The number of nitrogens with zero attached hydrogens (tertiary/aromatic N) is 3. The van der Waals surface area contributed by atoms with Crippen molar-refractivity contribution in [3.8, 4) is 17.6 Å². The first-order valence-corrected chi connectivity index (χ1v) is 6.95. The lowest BCUT2D eigenvalue weighted by atomic mass is 10.0. The van der Waals surface area contributed by atoms with E-state index in [4.69, 9.17) is 14.2 Å². The molecule has 0 saturated carbocycles. The van der Waals surface area contributed by atoms with E-state index in [1.807, 2.05) is 11.0 Å². The SMILES string of the molecule is COc1cc(C(C#N)=CN2CCOCC2)c([N+](=O)[O-])cc1OC. The minimum Gasteiger partial charge on any atom is -0.493 e. The molecule has 8 heteroatoms. The minimum atomic E-state index is -0.540. The van der Waals surface area contributed by atoms with Crippen molar-refractivity contribution in [1.29, 1.82) is 5.26 Å². The monoisotopic (exact) mass is 319 g/mol. The van der Waals surface area contributed by atoms with Gasteiger partial charge in [-0.05, 0) is 6.07 Å². The highest BCUT2D eigenvalue weighted by Crippen LogP contribution is 2.37. The highest BCUT2D eigenvalue weighted by molar-refractivity contribution is 5.83. The maximum absolute atomic E-state index is 11.3. The fraction of sp³-hybridized carbons (Fsp3) is 0.400. The molecule has 0 unspecified atom stereocenters. The van der Waals surface area contributed by atoms with Gasteiger partial charge in [0.1, 0.15) is 6.07 Å². The predicted octanol–water partition coefficient (Wildman–Crippen LogP) is 1.81. The maximum atomic E-state index is 11.3. The zero-order valence-corrected chi connectivity index (χ0v) is 12.9. The van der Waals surface area contributed by atoms with Gasteiger partial charge in [-0.25, -0.2) is 0 Å². The van der Waals surface area contributed by atoms with E-state index in [-0.39, 0.29) is 22.6 Å². The summed E-state index contributed by atoms with van der Waals surface area (Å²) in [5.74, 6) is 0.572. The van der Waals surface area contributed by atoms with Crippen molar-refractivity contribution in [1.82, 2.24) is 4.90 Å². The van der Waals surface area contributed by atoms with Crippen molar-refractivity contribution in [2.75, 3.05) is 40.5 Å². The van der Waals surface area contributed by atoms with Gasteiger partial charge in [-0.2, -0.15) is 5.26 Å². The Morgan fingerprint density at radius 1 is 1.35 bits per heavy atom. The average Bonchev–Trinajstić information content (AvgIpc) is 2.59. The van der Waals surface area contributed by atoms with Gasteiger partial charge in [0.15, 0.2) is 11.5 Å². The highest BCUT2D eigenvalue weighted by atomic mass is 16.6. The van der Waals surface area contributed by atoms with Gasteiger partial charge in [-0.15, -0.1) is 0 Å². The number of methoxy groups -OCH3 is 2. The third-order valence-corrected chi connectivity index (χ3v) is 3.47. The van der Waals surface area contributed by atoms with Gasteiger partial charge < -0.3 is 19.1 Å². The third kappa shape index (κ3) is 3.70. The van der Waals surface area contributed by atoms with E-state index >= 15 is 0 Å². The quantitative estimate of drug-likeness (QED) is 0.463. The summed E-state index contributed by atoms with van der Waals surface area (Å²) in [5.41, 5.74) is 0.185. The van der Waals surface area contributed by atoms with Crippen LogP contribution in [0.1, 0.15) is 5.56 Å². The second kappa shape index (κ2) is 7.47. The molecule has 0 aromatic heterocycles. The van der Waals surface area contributed by atoms with Gasteiger partial charge in [0.05, 0.1) is 49.6 Å². The van der Waals surface area contributed by atoms with Crippen molar-refractivity contribution in [2.24, 2.45) is 0 Å². The molecular weight excluding hydrogens is 302 g/mol. The Bertz CT molecular complexity index is 660. The zero-order valence-electron chi connectivity index (χ0n) is 12.9. The van der Waals surface area contributed by atoms with Crippen molar-refractivity contribution in [3.63, 3.8) is 0 Å². The molecule has 0 spiro atoms. The van der Waals surface area contributed by atoms with Gasteiger partial charge in [0.2, 0.25) is 0 Å². The first kappa shape index (κ1) is 16.6.